The second-order valence-electron chi connectivity index (χ2n) is 10.0. The van der Waals surface area contributed by atoms with E-state index in [1.54, 1.807) is 35.2 Å². The van der Waals surface area contributed by atoms with Gasteiger partial charge in [0.25, 0.3) is 0 Å². The maximum absolute atomic E-state index is 15.2. The number of fused-ring (bicyclic) bond motifs is 1. The SMILES string of the molecule is NC1CCCC(c2ccncc2Nc2ncc3ccc(-c4c(F)cc(OC5CCOCC5)cc4F)nn23)C1. The zero-order valence-electron chi connectivity index (χ0n) is 20.9. The highest BCUT2D eigenvalue weighted by Crippen LogP contribution is 2.37. The van der Waals surface area contributed by atoms with Crippen molar-refractivity contribution in [2.24, 2.45) is 5.73 Å². The summed E-state index contributed by atoms with van der Waals surface area (Å²) in [6.07, 6.45) is 10.5. The van der Waals surface area contributed by atoms with Gasteiger partial charge in [0.1, 0.15) is 23.5 Å². The minimum atomic E-state index is -0.739. The largest absolute Gasteiger partial charge is 0.490 e. The molecule has 3 aromatic heterocycles. The smallest absolute Gasteiger partial charge is 0.229 e. The molecule has 2 aliphatic rings. The fourth-order valence-electron chi connectivity index (χ4n) is 5.45. The summed E-state index contributed by atoms with van der Waals surface area (Å²) >= 11 is 0. The summed E-state index contributed by atoms with van der Waals surface area (Å²) in [5.74, 6) is -0.567. The average Bonchev–Trinajstić information content (AvgIpc) is 3.31. The number of hydrogen-bond donors (Lipinski definition) is 2. The lowest BCUT2D eigenvalue weighted by molar-refractivity contribution is 0.0253. The topological polar surface area (TPSA) is 99.6 Å². The summed E-state index contributed by atoms with van der Waals surface area (Å²) in [5, 5.41) is 7.88. The Kier molecular flexibility index (Phi) is 6.90. The van der Waals surface area contributed by atoms with Crippen LogP contribution in [0.5, 0.6) is 5.75 Å². The summed E-state index contributed by atoms with van der Waals surface area (Å²) < 4.78 is 43.0. The van der Waals surface area contributed by atoms with E-state index in [-0.39, 0.29) is 29.2 Å². The van der Waals surface area contributed by atoms with Crippen molar-refractivity contribution in [2.45, 2.75) is 56.6 Å². The summed E-state index contributed by atoms with van der Waals surface area (Å²) in [7, 11) is 0. The van der Waals surface area contributed by atoms with Gasteiger partial charge in [-0.05, 0) is 48.9 Å². The molecule has 0 radical (unpaired) electrons. The highest BCUT2D eigenvalue weighted by molar-refractivity contribution is 5.66. The molecule has 1 saturated heterocycles. The zero-order valence-corrected chi connectivity index (χ0v) is 20.9. The van der Waals surface area contributed by atoms with Crippen LogP contribution in [-0.2, 0) is 4.74 Å². The van der Waals surface area contributed by atoms with Crippen molar-refractivity contribution in [1.82, 2.24) is 19.6 Å². The van der Waals surface area contributed by atoms with Gasteiger partial charge in [-0.25, -0.2) is 13.8 Å². The molecule has 1 aromatic carbocycles. The zero-order chi connectivity index (χ0) is 26.1. The third-order valence-corrected chi connectivity index (χ3v) is 7.38. The molecule has 1 aliphatic heterocycles. The van der Waals surface area contributed by atoms with Gasteiger partial charge >= 0.3 is 0 Å². The van der Waals surface area contributed by atoms with Crippen LogP contribution in [0.4, 0.5) is 20.4 Å². The molecule has 198 valence electrons. The maximum atomic E-state index is 15.2. The number of benzene rings is 1. The summed E-state index contributed by atoms with van der Waals surface area (Å²) in [6, 6.07) is 7.93. The van der Waals surface area contributed by atoms with Gasteiger partial charge in [-0.2, -0.15) is 9.61 Å². The predicted molar refractivity (Wildman–Crippen MR) is 140 cm³/mol. The van der Waals surface area contributed by atoms with Crippen molar-refractivity contribution in [3.05, 3.63) is 66.1 Å². The van der Waals surface area contributed by atoms with E-state index in [1.807, 2.05) is 6.07 Å². The van der Waals surface area contributed by atoms with Crippen LogP contribution >= 0.6 is 0 Å². The van der Waals surface area contributed by atoms with Crippen molar-refractivity contribution in [2.75, 3.05) is 18.5 Å². The van der Waals surface area contributed by atoms with E-state index >= 15 is 8.78 Å². The quantitative estimate of drug-likeness (QED) is 0.353. The number of nitrogens with two attached hydrogens (primary N) is 1. The van der Waals surface area contributed by atoms with Crippen LogP contribution in [0, 0.1) is 11.6 Å². The molecule has 0 bridgehead atoms. The number of halogens is 2. The Hall–Kier alpha value is -3.63. The van der Waals surface area contributed by atoms with Crippen molar-refractivity contribution < 1.29 is 18.3 Å². The highest BCUT2D eigenvalue weighted by atomic mass is 19.1. The lowest BCUT2D eigenvalue weighted by atomic mass is 9.81. The monoisotopic (exact) mass is 520 g/mol. The number of nitrogens with one attached hydrogen (secondary N) is 1. The van der Waals surface area contributed by atoms with Crippen LogP contribution < -0.4 is 15.8 Å². The number of anilines is 2. The van der Waals surface area contributed by atoms with Crippen LogP contribution in [0.1, 0.15) is 50.0 Å². The molecule has 4 heterocycles. The molecular weight excluding hydrogens is 490 g/mol. The Balaban J connectivity index is 1.29. The Morgan fingerprint density at radius 2 is 1.84 bits per heavy atom. The standard InChI is InChI=1S/C28H30F2N6O2/c29-23-13-21(38-20-7-10-37-11-8-20)14-24(30)27(23)25-5-4-19-15-33-28(36(19)35-25)34-26-16-32-9-6-22(26)17-2-1-3-18(31)12-17/h4-6,9,13-18,20H,1-3,7-8,10-12,31H2,(H,33,34). The number of aromatic nitrogens is 4. The minimum Gasteiger partial charge on any atom is -0.490 e. The molecular formula is C28H30F2N6O2. The van der Waals surface area contributed by atoms with Gasteiger partial charge in [0.05, 0.1) is 48.1 Å². The van der Waals surface area contributed by atoms with Gasteiger partial charge in [0.15, 0.2) is 0 Å². The van der Waals surface area contributed by atoms with E-state index in [0.29, 0.717) is 43.4 Å². The molecule has 2 atom stereocenters. The molecule has 2 unspecified atom stereocenters. The number of nitrogens with zero attached hydrogens (tertiary/aromatic N) is 4. The first-order valence-electron chi connectivity index (χ1n) is 13.1. The van der Waals surface area contributed by atoms with Crippen molar-refractivity contribution in [3.8, 4) is 17.0 Å². The van der Waals surface area contributed by atoms with E-state index < -0.39 is 11.6 Å². The van der Waals surface area contributed by atoms with Crippen LogP contribution in [-0.4, -0.2) is 44.9 Å². The Labute approximate surface area is 219 Å². The normalized spacial score (nSPS) is 20.5. The second kappa shape index (κ2) is 10.6. The van der Waals surface area contributed by atoms with Gasteiger partial charge < -0.3 is 20.5 Å². The van der Waals surface area contributed by atoms with Gasteiger partial charge in [-0.15, -0.1) is 0 Å². The summed E-state index contributed by atoms with van der Waals surface area (Å²) in [6.45, 7) is 1.15. The third-order valence-electron chi connectivity index (χ3n) is 7.38. The molecule has 1 saturated carbocycles. The lowest BCUT2D eigenvalue weighted by Crippen LogP contribution is -2.27. The fraction of sp³-hybridized carbons (Fsp3) is 0.393. The Morgan fingerprint density at radius 3 is 2.63 bits per heavy atom. The molecule has 4 aromatic rings. The van der Waals surface area contributed by atoms with Crippen LogP contribution in [0.3, 0.4) is 0 Å². The second-order valence-corrected chi connectivity index (χ2v) is 10.0. The van der Waals surface area contributed by atoms with Gasteiger partial charge in [0, 0.05) is 37.2 Å². The van der Waals surface area contributed by atoms with E-state index in [1.165, 1.54) is 12.1 Å². The van der Waals surface area contributed by atoms with E-state index in [0.717, 1.165) is 36.9 Å². The first-order valence-corrected chi connectivity index (χ1v) is 13.1. The molecule has 8 nitrogen and oxygen atoms in total. The maximum Gasteiger partial charge on any atom is 0.229 e. The van der Waals surface area contributed by atoms with Crippen LogP contribution in [0.15, 0.2) is 48.9 Å². The number of rotatable bonds is 6. The molecule has 0 spiro atoms. The third kappa shape index (κ3) is 5.06. The Bertz CT molecular complexity index is 1420. The van der Waals surface area contributed by atoms with Gasteiger partial charge in [-0.1, -0.05) is 6.42 Å². The molecule has 0 amide bonds. The molecule has 6 rings (SSSR count). The molecule has 1 aliphatic carbocycles. The van der Waals surface area contributed by atoms with Gasteiger partial charge in [0.2, 0.25) is 5.95 Å². The van der Waals surface area contributed by atoms with Crippen LogP contribution in [0.2, 0.25) is 0 Å². The summed E-state index contributed by atoms with van der Waals surface area (Å²) in [5.41, 5.74) is 8.79. The number of ether oxygens (including phenoxy) is 2. The van der Waals surface area contributed by atoms with E-state index in [2.05, 4.69) is 20.4 Å². The van der Waals surface area contributed by atoms with Crippen molar-refractivity contribution >= 4 is 17.2 Å². The number of imidazole rings is 1. The fourth-order valence-corrected chi connectivity index (χ4v) is 5.45. The van der Waals surface area contributed by atoms with Crippen LogP contribution in [0.25, 0.3) is 16.8 Å². The first-order chi connectivity index (χ1) is 18.5. The van der Waals surface area contributed by atoms with Crippen molar-refractivity contribution in [1.29, 1.82) is 0 Å². The van der Waals surface area contributed by atoms with E-state index in [4.69, 9.17) is 15.2 Å². The van der Waals surface area contributed by atoms with Gasteiger partial charge in [-0.3, -0.25) is 4.98 Å². The summed E-state index contributed by atoms with van der Waals surface area (Å²) in [4.78, 5) is 8.76. The van der Waals surface area contributed by atoms with E-state index in [9.17, 15) is 0 Å². The Morgan fingerprint density at radius 1 is 1.03 bits per heavy atom. The van der Waals surface area contributed by atoms with Crippen molar-refractivity contribution in [3.63, 3.8) is 0 Å². The average molecular weight is 521 g/mol. The minimum absolute atomic E-state index is 0.121. The molecule has 38 heavy (non-hydrogen) atoms. The molecule has 10 heteroatoms. The lowest BCUT2D eigenvalue weighted by Gasteiger charge is -2.28. The predicted octanol–water partition coefficient (Wildman–Crippen LogP) is 5.36. The molecule has 3 N–H and O–H groups in total. The highest BCUT2D eigenvalue weighted by Gasteiger charge is 2.24. The first kappa shape index (κ1) is 24.7. The number of hydrogen-bond acceptors (Lipinski definition) is 7. The number of pyridine rings is 1. The molecule has 2 fully saturated rings.